The van der Waals surface area contributed by atoms with E-state index in [2.05, 4.69) is 37.4 Å². The van der Waals surface area contributed by atoms with Crippen molar-refractivity contribution in [3.05, 3.63) is 0 Å². The van der Waals surface area contributed by atoms with Gasteiger partial charge in [-0.2, -0.15) is 0 Å². The summed E-state index contributed by atoms with van der Waals surface area (Å²) in [6.45, 7) is 5.08. The van der Waals surface area contributed by atoms with Crippen LogP contribution >= 0.6 is 23.5 Å². The van der Waals surface area contributed by atoms with E-state index in [0.29, 0.717) is 9.49 Å². The predicted molar refractivity (Wildman–Crippen MR) is 83.6 cm³/mol. The molecule has 0 N–H and O–H groups in total. The molecule has 0 aromatic carbocycles. The molecular weight excluding hydrogens is 256 g/mol. The normalized spacial score (nSPS) is 45.7. The minimum atomic E-state index is 0.691. The Balaban J connectivity index is 1.20. The Bertz CT molecular complexity index is 333. The zero-order valence-corrected chi connectivity index (χ0v) is 13.5. The summed E-state index contributed by atoms with van der Waals surface area (Å²) in [5, 5.41) is 0. The average molecular weight is 283 g/mol. The molecule has 0 bridgehead atoms. The Morgan fingerprint density at radius 2 is 1.11 bits per heavy atom. The van der Waals surface area contributed by atoms with E-state index >= 15 is 0 Å². The van der Waals surface area contributed by atoms with E-state index in [9.17, 15) is 0 Å². The van der Waals surface area contributed by atoms with E-state index in [1.807, 2.05) is 0 Å². The lowest BCUT2D eigenvalue weighted by molar-refractivity contribution is 0.321. The fourth-order valence-corrected chi connectivity index (χ4v) is 8.26. The van der Waals surface area contributed by atoms with Gasteiger partial charge >= 0.3 is 0 Å². The molecule has 2 atom stereocenters. The van der Waals surface area contributed by atoms with Crippen LogP contribution in [0, 0.1) is 0 Å². The van der Waals surface area contributed by atoms with Gasteiger partial charge in [-0.3, -0.25) is 0 Å². The van der Waals surface area contributed by atoms with Gasteiger partial charge in [0.15, 0.2) is 0 Å². The van der Waals surface area contributed by atoms with Crippen LogP contribution in [0.2, 0.25) is 0 Å². The number of hydrogen-bond acceptors (Lipinski definition) is 2. The molecule has 4 fully saturated rings. The van der Waals surface area contributed by atoms with E-state index in [-0.39, 0.29) is 0 Å². The van der Waals surface area contributed by atoms with Crippen molar-refractivity contribution >= 4 is 23.5 Å². The lowest BCUT2D eigenvalue weighted by atomic mass is 9.73. The molecular formula is C16H26S2. The van der Waals surface area contributed by atoms with E-state index in [1.165, 1.54) is 64.2 Å². The summed E-state index contributed by atoms with van der Waals surface area (Å²) in [6, 6.07) is 0. The number of unbranched alkanes of at least 4 members (excludes halogenated alkanes) is 1. The molecule has 2 aliphatic heterocycles. The summed E-state index contributed by atoms with van der Waals surface area (Å²) < 4.78 is 2.94. The van der Waals surface area contributed by atoms with Crippen molar-refractivity contribution in [1.82, 2.24) is 0 Å². The third-order valence-corrected chi connectivity index (χ3v) is 10.7. The third-order valence-electron chi connectivity index (χ3n) is 6.57. The molecule has 2 saturated carbocycles. The second-order valence-corrected chi connectivity index (χ2v) is 11.3. The first-order chi connectivity index (χ1) is 8.54. The summed E-state index contributed by atoms with van der Waals surface area (Å²) in [7, 11) is 0. The Morgan fingerprint density at radius 3 is 1.33 bits per heavy atom. The van der Waals surface area contributed by atoms with Gasteiger partial charge in [-0.25, -0.2) is 0 Å². The van der Waals surface area contributed by atoms with Crippen molar-refractivity contribution in [2.24, 2.45) is 0 Å². The molecule has 0 amide bonds. The Kier molecular flexibility index (Phi) is 2.53. The first-order valence-electron chi connectivity index (χ1n) is 7.94. The van der Waals surface area contributed by atoms with Crippen molar-refractivity contribution in [2.45, 2.75) is 97.0 Å². The van der Waals surface area contributed by atoms with E-state index in [1.54, 1.807) is 0 Å². The fourth-order valence-electron chi connectivity index (χ4n) is 4.55. The van der Waals surface area contributed by atoms with Gasteiger partial charge in [0.1, 0.15) is 0 Å². The molecule has 2 spiro atoms. The number of hydrogen-bond donors (Lipinski definition) is 0. The van der Waals surface area contributed by atoms with Crippen molar-refractivity contribution in [2.75, 3.05) is 0 Å². The van der Waals surface area contributed by atoms with Crippen LogP contribution in [0.5, 0.6) is 0 Å². The van der Waals surface area contributed by atoms with E-state index in [0.717, 1.165) is 9.49 Å². The Hall–Kier alpha value is 0.700. The van der Waals surface area contributed by atoms with Crippen molar-refractivity contribution in [3.63, 3.8) is 0 Å². The maximum atomic E-state index is 2.54. The van der Waals surface area contributed by atoms with Gasteiger partial charge in [0, 0.05) is 19.0 Å². The average Bonchev–Trinajstić information content (AvgIpc) is 3.05. The van der Waals surface area contributed by atoms with Gasteiger partial charge in [-0.15, -0.1) is 23.5 Å². The highest BCUT2D eigenvalue weighted by molar-refractivity contribution is 8.10. The van der Waals surface area contributed by atoms with E-state index < -0.39 is 0 Å². The van der Waals surface area contributed by atoms with Crippen LogP contribution in [-0.4, -0.2) is 19.0 Å². The highest BCUT2D eigenvalue weighted by Gasteiger charge is 2.68. The molecule has 0 aromatic heterocycles. The molecule has 0 aromatic rings. The molecule has 2 saturated heterocycles. The molecule has 102 valence electrons. The number of rotatable bonds is 5. The fraction of sp³-hybridized carbons (Fsp3) is 1.00. The second-order valence-electron chi connectivity index (χ2n) is 7.57. The van der Waals surface area contributed by atoms with Crippen molar-refractivity contribution < 1.29 is 0 Å². The highest BCUT2D eigenvalue weighted by Crippen LogP contribution is 2.76. The van der Waals surface area contributed by atoms with Crippen LogP contribution in [0.1, 0.15) is 78.1 Å². The van der Waals surface area contributed by atoms with Crippen LogP contribution in [0.25, 0.3) is 0 Å². The lowest BCUT2D eigenvalue weighted by Gasteiger charge is -2.29. The molecule has 2 aliphatic carbocycles. The SMILES string of the molecule is CC1(CCCCC2(C)SC23CCC3)SC12CCC2. The minimum absolute atomic E-state index is 0.691. The summed E-state index contributed by atoms with van der Waals surface area (Å²) in [4.78, 5) is 0. The van der Waals surface area contributed by atoms with Gasteiger partial charge in [-0.05, 0) is 52.4 Å². The van der Waals surface area contributed by atoms with Crippen LogP contribution < -0.4 is 0 Å². The van der Waals surface area contributed by atoms with Gasteiger partial charge in [-0.1, -0.05) is 25.7 Å². The molecule has 4 aliphatic rings. The molecule has 0 nitrogen and oxygen atoms in total. The Labute approximate surface area is 120 Å². The molecule has 2 heteroatoms. The number of thioether (sulfide) groups is 2. The second kappa shape index (κ2) is 3.67. The van der Waals surface area contributed by atoms with Gasteiger partial charge in [0.25, 0.3) is 0 Å². The van der Waals surface area contributed by atoms with Crippen molar-refractivity contribution in [3.8, 4) is 0 Å². The zero-order chi connectivity index (χ0) is 12.5. The molecule has 2 heterocycles. The monoisotopic (exact) mass is 282 g/mol. The van der Waals surface area contributed by atoms with Gasteiger partial charge < -0.3 is 0 Å². The maximum Gasteiger partial charge on any atom is 0.0310 e. The molecule has 4 rings (SSSR count). The summed E-state index contributed by atoms with van der Waals surface area (Å²) in [6.07, 6.45) is 15.0. The van der Waals surface area contributed by atoms with Crippen LogP contribution in [0.3, 0.4) is 0 Å². The molecule has 18 heavy (non-hydrogen) atoms. The lowest BCUT2D eigenvalue weighted by Crippen LogP contribution is -2.31. The summed E-state index contributed by atoms with van der Waals surface area (Å²) >= 11 is 4.62. The molecule has 2 unspecified atom stereocenters. The van der Waals surface area contributed by atoms with E-state index in [4.69, 9.17) is 0 Å². The van der Waals surface area contributed by atoms with Crippen LogP contribution in [-0.2, 0) is 0 Å². The van der Waals surface area contributed by atoms with Crippen LogP contribution in [0.4, 0.5) is 0 Å². The first-order valence-corrected chi connectivity index (χ1v) is 9.57. The van der Waals surface area contributed by atoms with Gasteiger partial charge in [0.2, 0.25) is 0 Å². The maximum absolute atomic E-state index is 2.54. The quantitative estimate of drug-likeness (QED) is 0.489. The predicted octanol–water partition coefficient (Wildman–Crippen LogP) is 5.40. The highest BCUT2D eigenvalue weighted by atomic mass is 32.2. The smallest absolute Gasteiger partial charge is 0.0310 e. The molecule has 0 radical (unpaired) electrons. The van der Waals surface area contributed by atoms with Gasteiger partial charge in [0.05, 0.1) is 0 Å². The third kappa shape index (κ3) is 1.54. The largest absolute Gasteiger partial charge is 0.146 e. The van der Waals surface area contributed by atoms with Crippen LogP contribution in [0.15, 0.2) is 0 Å². The summed E-state index contributed by atoms with van der Waals surface area (Å²) in [5.41, 5.74) is 0. The Morgan fingerprint density at radius 1 is 0.722 bits per heavy atom. The zero-order valence-electron chi connectivity index (χ0n) is 11.9. The summed E-state index contributed by atoms with van der Waals surface area (Å²) in [5.74, 6) is 0. The minimum Gasteiger partial charge on any atom is -0.146 e. The topological polar surface area (TPSA) is 0 Å². The van der Waals surface area contributed by atoms with Crippen molar-refractivity contribution in [1.29, 1.82) is 0 Å². The first kappa shape index (κ1) is 12.4. The standard InChI is InChI=1S/C16H26S2/c1-13(15(17-13)9-5-10-15)7-3-4-8-14(2)16(18-14)11-6-12-16/h3-12H2,1-2H3.